The Morgan fingerprint density at radius 1 is 0.447 bits per heavy atom. The van der Waals surface area contributed by atoms with Gasteiger partial charge in [-0.1, -0.05) is 156 Å². The zero-order valence-electron chi connectivity index (χ0n) is 32.4. The van der Waals surface area contributed by atoms with Crippen LogP contribution >= 0.6 is 0 Å². The molecule has 0 N–H and O–H groups in total. The van der Waals surface area contributed by atoms with Gasteiger partial charge in [0, 0.05) is 12.8 Å². The van der Waals surface area contributed by atoms with E-state index in [1.54, 1.807) is 0 Å². The molecule has 280 valence electrons. The summed E-state index contributed by atoms with van der Waals surface area (Å²) in [5.41, 5.74) is 0. The largest absolute Gasteiger partial charge is 0.466 e. The number of carbonyl (C=O) groups excluding carboxylic acids is 2. The SMILES string of the molecule is CCCCCCCCCOC(=O)CCCCCCCN(CC)CCCCCCCCCC(=O)OC(CCCCCC)CCCCCC. The highest BCUT2D eigenvalue weighted by Crippen LogP contribution is 2.18. The number of ether oxygens (including phenoxy) is 2. The molecule has 0 aromatic heterocycles. The van der Waals surface area contributed by atoms with Crippen molar-refractivity contribution in [2.75, 3.05) is 26.2 Å². The van der Waals surface area contributed by atoms with Crippen LogP contribution < -0.4 is 0 Å². The molecule has 0 atom stereocenters. The van der Waals surface area contributed by atoms with Crippen molar-refractivity contribution in [1.82, 2.24) is 4.90 Å². The number of carbonyl (C=O) groups is 2. The molecule has 0 fully saturated rings. The summed E-state index contributed by atoms with van der Waals surface area (Å²) < 4.78 is 11.3. The number of hydrogen-bond acceptors (Lipinski definition) is 5. The monoisotopic (exact) mass is 666 g/mol. The smallest absolute Gasteiger partial charge is 0.306 e. The number of rotatable bonds is 38. The van der Waals surface area contributed by atoms with Gasteiger partial charge in [-0.2, -0.15) is 0 Å². The highest BCUT2D eigenvalue weighted by Gasteiger charge is 2.14. The Morgan fingerprint density at radius 2 is 0.830 bits per heavy atom. The van der Waals surface area contributed by atoms with Crippen molar-refractivity contribution >= 4 is 11.9 Å². The lowest BCUT2D eigenvalue weighted by Gasteiger charge is -2.20. The van der Waals surface area contributed by atoms with Gasteiger partial charge in [0.15, 0.2) is 0 Å². The Balaban J connectivity index is 3.68. The van der Waals surface area contributed by atoms with Gasteiger partial charge < -0.3 is 14.4 Å². The molecule has 0 radical (unpaired) electrons. The van der Waals surface area contributed by atoms with Crippen LogP contribution in [0.25, 0.3) is 0 Å². The summed E-state index contributed by atoms with van der Waals surface area (Å²) >= 11 is 0. The van der Waals surface area contributed by atoms with Gasteiger partial charge in [0.05, 0.1) is 6.61 Å². The lowest BCUT2D eigenvalue weighted by atomic mass is 10.0. The first-order valence-electron chi connectivity index (χ1n) is 21.1. The van der Waals surface area contributed by atoms with Crippen LogP contribution in [0, 0.1) is 0 Å². The number of nitrogens with zero attached hydrogens (tertiary/aromatic N) is 1. The molecule has 0 rings (SSSR count). The minimum atomic E-state index is -0.00172. The topological polar surface area (TPSA) is 55.8 Å². The fourth-order valence-electron chi connectivity index (χ4n) is 6.47. The third-order valence-corrected chi connectivity index (χ3v) is 9.73. The quantitative estimate of drug-likeness (QED) is 0.0485. The molecule has 0 heterocycles. The third-order valence-electron chi connectivity index (χ3n) is 9.73. The van der Waals surface area contributed by atoms with Crippen molar-refractivity contribution in [3.05, 3.63) is 0 Å². The van der Waals surface area contributed by atoms with Crippen LogP contribution in [0.2, 0.25) is 0 Å². The Morgan fingerprint density at radius 3 is 1.30 bits per heavy atom. The Kier molecular flexibility index (Phi) is 36.8. The van der Waals surface area contributed by atoms with Gasteiger partial charge in [-0.15, -0.1) is 0 Å². The maximum Gasteiger partial charge on any atom is 0.306 e. The molecule has 0 aliphatic carbocycles. The minimum absolute atomic E-state index is 0.00172. The van der Waals surface area contributed by atoms with Crippen LogP contribution in [0.1, 0.15) is 227 Å². The zero-order chi connectivity index (χ0) is 34.5. The van der Waals surface area contributed by atoms with E-state index in [1.165, 1.54) is 154 Å². The summed E-state index contributed by atoms with van der Waals surface area (Å²) in [6, 6.07) is 0. The van der Waals surface area contributed by atoms with Gasteiger partial charge in [-0.3, -0.25) is 9.59 Å². The second kappa shape index (κ2) is 37.7. The summed E-state index contributed by atoms with van der Waals surface area (Å²) in [6.07, 6.45) is 36.6. The molecule has 0 saturated carbocycles. The van der Waals surface area contributed by atoms with Gasteiger partial charge in [-0.05, 0) is 77.4 Å². The zero-order valence-corrected chi connectivity index (χ0v) is 32.4. The van der Waals surface area contributed by atoms with Crippen molar-refractivity contribution in [1.29, 1.82) is 0 Å². The van der Waals surface area contributed by atoms with Crippen LogP contribution in [-0.4, -0.2) is 49.2 Å². The van der Waals surface area contributed by atoms with Crippen molar-refractivity contribution in [3.63, 3.8) is 0 Å². The molecule has 5 nitrogen and oxygen atoms in total. The molecule has 0 aromatic rings. The molecule has 0 saturated heterocycles. The molecule has 47 heavy (non-hydrogen) atoms. The van der Waals surface area contributed by atoms with Crippen LogP contribution in [0.15, 0.2) is 0 Å². The average Bonchev–Trinajstić information content (AvgIpc) is 3.07. The Bertz CT molecular complexity index is 643. The molecular formula is C42H83NO4. The Labute approximate surface area is 294 Å². The minimum Gasteiger partial charge on any atom is -0.466 e. The van der Waals surface area contributed by atoms with E-state index in [0.29, 0.717) is 19.4 Å². The van der Waals surface area contributed by atoms with Crippen molar-refractivity contribution in [3.8, 4) is 0 Å². The molecule has 0 aliphatic heterocycles. The molecule has 0 unspecified atom stereocenters. The van der Waals surface area contributed by atoms with E-state index in [-0.39, 0.29) is 18.0 Å². The molecular weight excluding hydrogens is 582 g/mol. The molecule has 0 amide bonds. The molecule has 0 aliphatic rings. The van der Waals surface area contributed by atoms with Crippen LogP contribution in [0.3, 0.4) is 0 Å². The van der Waals surface area contributed by atoms with E-state index in [9.17, 15) is 9.59 Å². The van der Waals surface area contributed by atoms with Crippen LogP contribution in [0.5, 0.6) is 0 Å². The van der Waals surface area contributed by atoms with Gasteiger partial charge in [0.25, 0.3) is 0 Å². The van der Waals surface area contributed by atoms with E-state index in [2.05, 4.69) is 32.6 Å². The maximum atomic E-state index is 12.5. The first kappa shape index (κ1) is 45.9. The van der Waals surface area contributed by atoms with E-state index in [1.807, 2.05) is 0 Å². The standard InChI is InChI=1S/C42H83NO4/c1-5-9-12-15-19-25-32-39-46-41(44)35-28-22-20-24-31-38-43(8-4)37-30-23-18-16-17-21-29-36-42(45)47-40(33-26-13-10-6-2)34-27-14-11-7-3/h40H,5-39H2,1-4H3. The summed E-state index contributed by atoms with van der Waals surface area (Å²) in [7, 11) is 0. The predicted octanol–water partition coefficient (Wildman–Crippen LogP) is 12.9. The first-order valence-corrected chi connectivity index (χ1v) is 21.1. The number of hydrogen-bond donors (Lipinski definition) is 0. The normalized spacial score (nSPS) is 11.5. The summed E-state index contributed by atoms with van der Waals surface area (Å²) in [4.78, 5) is 27.0. The van der Waals surface area contributed by atoms with Crippen molar-refractivity contribution < 1.29 is 19.1 Å². The Hall–Kier alpha value is -1.10. The van der Waals surface area contributed by atoms with Crippen molar-refractivity contribution in [2.24, 2.45) is 0 Å². The maximum absolute atomic E-state index is 12.5. The lowest BCUT2D eigenvalue weighted by molar-refractivity contribution is -0.150. The number of unbranched alkanes of at least 4 members (excludes halogenated alkanes) is 22. The average molecular weight is 666 g/mol. The third kappa shape index (κ3) is 34.6. The summed E-state index contributed by atoms with van der Waals surface area (Å²) in [5, 5.41) is 0. The fourth-order valence-corrected chi connectivity index (χ4v) is 6.47. The highest BCUT2D eigenvalue weighted by atomic mass is 16.5. The second-order valence-corrected chi connectivity index (χ2v) is 14.3. The van der Waals surface area contributed by atoms with Gasteiger partial charge in [0.2, 0.25) is 0 Å². The summed E-state index contributed by atoms with van der Waals surface area (Å²) in [6.45, 7) is 13.2. The molecule has 0 bridgehead atoms. The van der Waals surface area contributed by atoms with Crippen molar-refractivity contribution in [2.45, 2.75) is 233 Å². The lowest BCUT2D eigenvalue weighted by Crippen LogP contribution is -2.25. The fraction of sp³-hybridized carbons (Fsp3) is 0.952. The van der Waals surface area contributed by atoms with Crippen LogP contribution in [0.4, 0.5) is 0 Å². The van der Waals surface area contributed by atoms with Gasteiger partial charge in [-0.25, -0.2) is 0 Å². The predicted molar refractivity (Wildman–Crippen MR) is 203 cm³/mol. The first-order chi connectivity index (χ1) is 23.1. The van der Waals surface area contributed by atoms with E-state index < -0.39 is 0 Å². The molecule has 0 aromatic carbocycles. The molecule has 0 spiro atoms. The van der Waals surface area contributed by atoms with E-state index in [4.69, 9.17) is 9.47 Å². The second-order valence-electron chi connectivity index (χ2n) is 14.3. The van der Waals surface area contributed by atoms with E-state index in [0.717, 1.165) is 51.5 Å². The van der Waals surface area contributed by atoms with Gasteiger partial charge in [0.1, 0.15) is 6.10 Å². The summed E-state index contributed by atoms with van der Waals surface area (Å²) in [5.74, 6) is 0.0350. The highest BCUT2D eigenvalue weighted by molar-refractivity contribution is 5.69. The molecule has 5 heteroatoms. The van der Waals surface area contributed by atoms with Gasteiger partial charge >= 0.3 is 11.9 Å². The van der Waals surface area contributed by atoms with Crippen LogP contribution in [-0.2, 0) is 19.1 Å². The number of esters is 2. The van der Waals surface area contributed by atoms with E-state index >= 15 is 0 Å².